The topological polar surface area (TPSA) is 109 Å². The van der Waals surface area contributed by atoms with Gasteiger partial charge in [-0.2, -0.15) is 0 Å². The molecule has 28 heavy (non-hydrogen) atoms. The van der Waals surface area contributed by atoms with Gasteiger partial charge in [0.1, 0.15) is 11.3 Å². The second-order valence-electron chi connectivity index (χ2n) is 7.56. The van der Waals surface area contributed by atoms with Gasteiger partial charge < -0.3 is 20.8 Å². The van der Waals surface area contributed by atoms with Crippen LogP contribution >= 0.6 is 0 Å². The van der Waals surface area contributed by atoms with Gasteiger partial charge in [0.2, 0.25) is 5.91 Å². The third-order valence-electron chi connectivity index (χ3n) is 5.61. The van der Waals surface area contributed by atoms with Crippen molar-refractivity contribution in [2.45, 2.75) is 45.6 Å². The van der Waals surface area contributed by atoms with Gasteiger partial charge in [0.15, 0.2) is 5.82 Å². The summed E-state index contributed by atoms with van der Waals surface area (Å²) in [5.41, 5.74) is 15.3. The Kier molecular flexibility index (Phi) is 5.17. The summed E-state index contributed by atoms with van der Waals surface area (Å²) in [5, 5.41) is 1.05. The molecule has 1 fully saturated rings. The molecule has 0 radical (unpaired) electrons. The number of benzene rings is 1. The summed E-state index contributed by atoms with van der Waals surface area (Å²) in [7, 11) is 0. The van der Waals surface area contributed by atoms with Gasteiger partial charge in [0.25, 0.3) is 0 Å². The van der Waals surface area contributed by atoms with Gasteiger partial charge >= 0.3 is 0 Å². The summed E-state index contributed by atoms with van der Waals surface area (Å²) in [6.45, 7) is 4.69. The Hall–Kier alpha value is -2.67. The van der Waals surface area contributed by atoms with Crippen LogP contribution in [0, 0.1) is 5.92 Å². The van der Waals surface area contributed by atoms with E-state index in [1.54, 1.807) is 0 Å². The molecular formula is C21H27N5O2. The van der Waals surface area contributed by atoms with Gasteiger partial charge in [-0.05, 0) is 36.8 Å². The molecule has 0 bridgehead atoms. The fourth-order valence-electron chi connectivity index (χ4n) is 4.08. The smallest absolute Gasteiger partial charge is 0.217 e. The summed E-state index contributed by atoms with van der Waals surface area (Å²) in [5.74, 6) is 1.77. The Bertz CT molecular complexity index is 1020. The number of hydrogen-bond acceptors (Lipinski definition) is 5. The summed E-state index contributed by atoms with van der Waals surface area (Å²) in [4.78, 5) is 20.5. The van der Waals surface area contributed by atoms with Crippen molar-refractivity contribution in [2.75, 3.05) is 18.9 Å². The van der Waals surface area contributed by atoms with E-state index in [9.17, 15) is 4.79 Å². The minimum atomic E-state index is -0.301. The summed E-state index contributed by atoms with van der Waals surface area (Å²) in [6, 6.07) is 6.12. The van der Waals surface area contributed by atoms with E-state index < -0.39 is 0 Å². The van der Waals surface area contributed by atoms with Crippen LogP contribution in [-0.2, 0) is 28.9 Å². The number of imidazole rings is 1. The molecule has 7 nitrogen and oxygen atoms in total. The van der Waals surface area contributed by atoms with E-state index in [4.69, 9.17) is 21.2 Å². The lowest BCUT2D eigenvalue weighted by atomic mass is 10.00. The van der Waals surface area contributed by atoms with E-state index in [2.05, 4.69) is 22.5 Å². The predicted molar refractivity (Wildman–Crippen MR) is 110 cm³/mol. The average molecular weight is 381 g/mol. The van der Waals surface area contributed by atoms with Crippen molar-refractivity contribution >= 4 is 33.7 Å². The summed E-state index contributed by atoms with van der Waals surface area (Å²) < 4.78 is 7.85. The number of carbonyl (C=O) groups is 1. The van der Waals surface area contributed by atoms with E-state index in [1.807, 2.05) is 12.1 Å². The molecule has 1 aliphatic rings. The van der Waals surface area contributed by atoms with Crippen LogP contribution in [0.25, 0.3) is 21.9 Å². The van der Waals surface area contributed by atoms with Gasteiger partial charge in [-0.15, -0.1) is 0 Å². The van der Waals surface area contributed by atoms with Crippen LogP contribution in [0.5, 0.6) is 0 Å². The molecule has 3 heterocycles. The number of anilines is 1. The van der Waals surface area contributed by atoms with Crippen molar-refractivity contribution in [3.8, 4) is 0 Å². The van der Waals surface area contributed by atoms with Crippen molar-refractivity contribution < 1.29 is 9.53 Å². The number of nitrogen functional groups attached to an aromatic ring is 1. The molecule has 4 N–H and O–H groups in total. The molecule has 1 aliphatic heterocycles. The Balaban J connectivity index is 1.82. The van der Waals surface area contributed by atoms with Gasteiger partial charge in [-0.1, -0.05) is 19.1 Å². The molecule has 0 unspecified atom stereocenters. The summed E-state index contributed by atoms with van der Waals surface area (Å²) in [6.07, 6.45) is 3.91. The fourth-order valence-corrected chi connectivity index (χ4v) is 4.08. The number of rotatable bonds is 6. The van der Waals surface area contributed by atoms with Crippen LogP contribution in [0.15, 0.2) is 18.2 Å². The van der Waals surface area contributed by atoms with E-state index in [0.29, 0.717) is 24.6 Å². The standard InChI is InChI=1S/C21H27N5O2/c1-2-18-25-19-20(26(18)12-14-7-9-28-10-8-14)15-5-3-13(4-6-17(22)27)11-16(15)24-21(19)23/h3,5,11,14H,2,4,6-10,12H2,1H3,(H2,22,27)(H2,23,24). The van der Waals surface area contributed by atoms with E-state index in [0.717, 1.165) is 72.3 Å². The highest BCUT2D eigenvalue weighted by Crippen LogP contribution is 2.31. The minimum Gasteiger partial charge on any atom is -0.382 e. The number of fused-ring (bicyclic) bond motifs is 3. The Labute approximate surface area is 164 Å². The third-order valence-corrected chi connectivity index (χ3v) is 5.61. The molecule has 4 rings (SSSR count). The van der Waals surface area contributed by atoms with Crippen LogP contribution in [0.4, 0.5) is 5.82 Å². The van der Waals surface area contributed by atoms with Crippen LogP contribution in [-0.4, -0.2) is 33.7 Å². The first-order chi connectivity index (χ1) is 13.6. The normalized spacial score (nSPS) is 15.5. The maximum Gasteiger partial charge on any atom is 0.217 e. The molecule has 1 amide bonds. The zero-order valence-corrected chi connectivity index (χ0v) is 16.3. The molecule has 1 aromatic carbocycles. The number of aromatic nitrogens is 3. The highest BCUT2D eigenvalue weighted by molar-refractivity contribution is 6.06. The van der Waals surface area contributed by atoms with Crippen molar-refractivity contribution in [1.29, 1.82) is 0 Å². The number of carbonyl (C=O) groups excluding carboxylic acids is 1. The van der Waals surface area contributed by atoms with Crippen LogP contribution in [0.1, 0.15) is 37.6 Å². The SMILES string of the molecule is CCc1nc2c(N)nc3cc(CCC(N)=O)ccc3c2n1CC1CCOCC1. The number of primary amides is 1. The molecule has 7 heteroatoms. The van der Waals surface area contributed by atoms with Gasteiger partial charge in [0, 0.05) is 38.0 Å². The van der Waals surface area contributed by atoms with E-state index in [1.165, 1.54) is 0 Å². The second kappa shape index (κ2) is 7.75. The number of nitrogens with zero attached hydrogens (tertiary/aromatic N) is 3. The molecule has 3 aromatic rings. The number of aryl methyl sites for hydroxylation is 2. The minimum absolute atomic E-state index is 0.301. The largest absolute Gasteiger partial charge is 0.382 e. The molecule has 0 aliphatic carbocycles. The monoisotopic (exact) mass is 381 g/mol. The number of amides is 1. The molecule has 2 aromatic heterocycles. The van der Waals surface area contributed by atoms with Crippen molar-refractivity contribution in [1.82, 2.24) is 14.5 Å². The first kappa shape index (κ1) is 18.7. The molecule has 0 spiro atoms. The van der Waals surface area contributed by atoms with Crippen LogP contribution in [0.2, 0.25) is 0 Å². The lowest BCUT2D eigenvalue weighted by Crippen LogP contribution is -2.21. The molecule has 0 saturated carbocycles. The first-order valence-corrected chi connectivity index (χ1v) is 10.00. The lowest BCUT2D eigenvalue weighted by molar-refractivity contribution is -0.117. The first-order valence-electron chi connectivity index (χ1n) is 10.00. The average Bonchev–Trinajstić information content (AvgIpc) is 3.06. The van der Waals surface area contributed by atoms with E-state index in [-0.39, 0.29) is 5.91 Å². The predicted octanol–water partition coefficient (Wildman–Crippen LogP) is 2.57. The number of hydrogen-bond donors (Lipinski definition) is 2. The Morgan fingerprint density at radius 1 is 1.29 bits per heavy atom. The maximum atomic E-state index is 11.1. The van der Waals surface area contributed by atoms with E-state index >= 15 is 0 Å². The highest BCUT2D eigenvalue weighted by atomic mass is 16.5. The maximum absolute atomic E-state index is 11.1. The lowest BCUT2D eigenvalue weighted by Gasteiger charge is -2.23. The molecule has 0 atom stereocenters. The van der Waals surface area contributed by atoms with Crippen LogP contribution < -0.4 is 11.5 Å². The molecule has 148 valence electrons. The third kappa shape index (κ3) is 3.54. The van der Waals surface area contributed by atoms with Gasteiger partial charge in [0.05, 0.1) is 11.0 Å². The van der Waals surface area contributed by atoms with Gasteiger partial charge in [-0.25, -0.2) is 9.97 Å². The Morgan fingerprint density at radius 3 is 2.79 bits per heavy atom. The number of pyridine rings is 1. The fraction of sp³-hybridized carbons (Fsp3) is 0.476. The van der Waals surface area contributed by atoms with Crippen molar-refractivity contribution in [2.24, 2.45) is 11.7 Å². The Morgan fingerprint density at radius 2 is 2.07 bits per heavy atom. The summed E-state index contributed by atoms with van der Waals surface area (Å²) >= 11 is 0. The number of nitrogens with two attached hydrogens (primary N) is 2. The molecule has 1 saturated heterocycles. The zero-order valence-electron chi connectivity index (χ0n) is 16.3. The number of ether oxygens (including phenoxy) is 1. The second-order valence-corrected chi connectivity index (χ2v) is 7.56. The van der Waals surface area contributed by atoms with Crippen molar-refractivity contribution in [3.05, 3.63) is 29.6 Å². The van der Waals surface area contributed by atoms with Crippen molar-refractivity contribution in [3.63, 3.8) is 0 Å². The van der Waals surface area contributed by atoms with Crippen LogP contribution in [0.3, 0.4) is 0 Å². The molecular weight excluding hydrogens is 354 g/mol. The highest BCUT2D eigenvalue weighted by Gasteiger charge is 2.21. The quantitative estimate of drug-likeness (QED) is 0.682. The zero-order chi connectivity index (χ0) is 19.7. The van der Waals surface area contributed by atoms with Gasteiger partial charge in [-0.3, -0.25) is 4.79 Å².